The first-order valence-electron chi connectivity index (χ1n) is 12.8. The lowest BCUT2D eigenvalue weighted by Gasteiger charge is -2.36. The van der Waals surface area contributed by atoms with Crippen LogP contribution in [0.5, 0.6) is 0 Å². The quantitative estimate of drug-likeness (QED) is 0.246. The fourth-order valence-electron chi connectivity index (χ4n) is 4.40. The minimum atomic E-state index is -0.499. The van der Waals surface area contributed by atoms with E-state index >= 15 is 0 Å². The summed E-state index contributed by atoms with van der Waals surface area (Å²) < 4.78 is 12.9. The standard InChI is InChI=1S/C32H31NO4S/c34-21-24-13-15-25(16-14-24)30-19-28(22-38-29-9-5-2-6-10-29)36-32(37-30)27-17-11-23(12-18-27)20-33-31(35)26-7-3-1-4-8-26/h1-18,28,30,32,34H,19-22H2,(H,33,35). The molecular formula is C32H31NO4S. The van der Waals surface area contributed by atoms with E-state index in [1.54, 1.807) is 23.9 Å². The van der Waals surface area contributed by atoms with Gasteiger partial charge in [-0.1, -0.05) is 84.9 Å². The van der Waals surface area contributed by atoms with Gasteiger partial charge in [0.2, 0.25) is 0 Å². The van der Waals surface area contributed by atoms with E-state index in [-0.39, 0.29) is 24.7 Å². The third-order valence-corrected chi connectivity index (χ3v) is 7.68. The van der Waals surface area contributed by atoms with E-state index in [2.05, 4.69) is 17.4 Å². The van der Waals surface area contributed by atoms with Gasteiger partial charge in [-0.3, -0.25) is 4.79 Å². The maximum absolute atomic E-state index is 12.4. The number of aliphatic hydroxyl groups excluding tert-OH is 1. The van der Waals surface area contributed by atoms with E-state index in [0.29, 0.717) is 12.1 Å². The monoisotopic (exact) mass is 525 g/mol. The highest BCUT2D eigenvalue weighted by Crippen LogP contribution is 2.39. The Balaban J connectivity index is 1.27. The molecular weight excluding hydrogens is 494 g/mol. The third kappa shape index (κ3) is 6.91. The molecule has 3 atom stereocenters. The number of hydrogen-bond acceptors (Lipinski definition) is 5. The van der Waals surface area contributed by atoms with E-state index in [9.17, 15) is 9.90 Å². The summed E-state index contributed by atoms with van der Waals surface area (Å²) in [4.78, 5) is 13.6. The molecule has 1 heterocycles. The van der Waals surface area contributed by atoms with E-state index in [0.717, 1.165) is 34.4 Å². The van der Waals surface area contributed by atoms with Crippen molar-refractivity contribution in [2.45, 2.75) is 43.0 Å². The van der Waals surface area contributed by atoms with Gasteiger partial charge < -0.3 is 19.9 Å². The molecule has 1 saturated heterocycles. The SMILES string of the molecule is O=C(NCc1ccc(C2OC(CSc3ccccc3)CC(c3ccc(CO)cc3)O2)cc1)c1ccccc1. The molecule has 0 aromatic heterocycles. The van der Waals surface area contributed by atoms with Crippen molar-refractivity contribution >= 4 is 17.7 Å². The first kappa shape index (κ1) is 26.2. The summed E-state index contributed by atoms with van der Waals surface area (Å²) in [7, 11) is 0. The Kier molecular flexibility index (Phi) is 8.89. The average molecular weight is 526 g/mol. The molecule has 2 N–H and O–H groups in total. The number of benzene rings is 4. The summed E-state index contributed by atoms with van der Waals surface area (Å²) in [6.07, 6.45) is 0.137. The minimum absolute atomic E-state index is 0.00584. The molecule has 6 heteroatoms. The van der Waals surface area contributed by atoms with Gasteiger partial charge in [-0.25, -0.2) is 0 Å². The number of aliphatic hydroxyl groups is 1. The normalized spacial score (nSPS) is 19.1. The molecule has 0 spiro atoms. The van der Waals surface area contributed by atoms with Gasteiger partial charge in [0.05, 0.1) is 18.8 Å². The second kappa shape index (κ2) is 12.9. The second-order valence-corrected chi connectivity index (χ2v) is 10.4. The zero-order chi connectivity index (χ0) is 26.2. The number of hydrogen-bond donors (Lipinski definition) is 2. The number of rotatable bonds is 9. The average Bonchev–Trinajstić information content (AvgIpc) is 3.00. The highest BCUT2D eigenvalue weighted by atomic mass is 32.2. The second-order valence-electron chi connectivity index (χ2n) is 9.26. The molecule has 0 radical (unpaired) electrons. The van der Waals surface area contributed by atoms with Crippen LogP contribution in [-0.2, 0) is 22.6 Å². The topological polar surface area (TPSA) is 67.8 Å². The fourth-order valence-corrected chi connectivity index (χ4v) is 5.34. The van der Waals surface area contributed by atoms with Crippen LogP contribution >= 0.6 is 11.8 Å². The van der Waals surface area contributed by atoms with Crippen molar-refractivity contribution in [1.29, 1.82) is 0 Å². The van der Waals surface area contributed by atoms with Gasteiger partial charge in [-0.05, 0) is 41.0 Å². The van der Waals surface area contributed by atoms with Crippen LogP contribution in [0.3, 0.4) is 0 Å². The van der Waals surface area contributed by atoms with Crippen LogP contribution in [0.25, 0.3) is 0 Å². The van der Waals surface area contributed by atoms with Crippen molar-refractivity contribution in [3.63, 3.8) is 0 Å². The Hall–Kier alpha value is -3.42. The number of thioether (sulfide) groups is 1. The molecule has 1 amide bonds. The summed E-state index contributed by atoms with van der Waals surface area (Å²) in [6, 6.07) is 35.5. The molecule has 0 saturated carbocycles. The van der Waals surface area contributed by atoms with Crippen LogP contribution in [0.1, 0.15) is 51.4 Å². The Morgan fingerprint density at radius 1 is 0.789 bits per heavy atom. The zero-order valence-electron chi connectivity index (χ0n) is 21.0. The fraction of sp³-hybridized carbons (Fsp3) is 0.219. The van der Waals surface area contributed by atoms with E-state index < -0.39 is 6.29 Å². The summed E-state index contributed by atoms with van der Waals surface area (Å²) in [6.45, 7) is 0.461. The van der Waals surface area contributed by atoms with Crippen LogP contribution < -0.4 is 5.32 Å². The van der Waals surface area contributed by atoms with Crippen molar-refractivity contribution in [1.82, 2.24) is 5.32 Å². The number of amides is 1. The molecule has 1 aliphatic rings. The van der Waals surface area contributed by atoms with Crippen molar-refractivity contribution < 1.29 is 19.4 Å². The van der Waals surface area contributed by atoms with Gasteiger partial charge in [-0.15, -0.1) is 11.8 Å². The Morgan fingerprint density at radius 3 is 2.11 bits per heavy atom. The van der Waals surface area contributed by atoms with Gasteiger partial charge in [0, 0.05) is 34.7 Å². The zero-order valence-corrected chi connectivity index (χ0v) is 21.8. The summed E-state index contributed by atoms with van der Waals surface area (Å²) in [5, 5.41) is 12.4. The molecule has 4 aromatic carbocycles. The van der Waals surface area contributed by atoms with Crippen molar-refractivity contribution in [3.8, 4) is 0 Å². The van der Waals surface area contributed by atoms with Crippen LogP contribution in [-0.4, -0.2) is 22.9 Å². The van der Waals surface area contributed by atoms with Crippen LogP contribution in [0.15, 0.2) is 114 Å². The molecule has 0 aliphatic carbocycles. The van der Waals surface area contributed by atoms with Gasteiger partial charge in [-0.2, -0.15) is 0 Å². The third-order valence-electron chi connectivity index (χ3n) is 6.53. The molecule has 0 bridgehead atoms. The van der Waals surface area contributed by atoms with E-state index in [1.165, 1.54) is 4.90 Å². The Labute approximate surface area is 227 Å². The number of nitrogens with one attached hydrogen (secondary N) is 1. The highest BCUT2D eigenvalue weighted by Gasteiger charge is 2.32. The summed E-state index contributed by atoms with van der Waals surface area (Å²) in [5.41, 5.74) is 4.54. The number of carbonyl (C=O) groups is 1. The van der Waals surface area contributed by atoms with Crippen LogP contribution in [0.2, 0.25) is 0 Å². The molecule has 3 unspecified atom stereocenters. The number of ether oxygens (including phenoxy) is 2. The maximum Gasteiger partial charge on any atom is 0.251 e. The van der Waals surface area contributed by atoms with Crippen molar-refractivity contribution in [2.24, 2.45) is 0 Å². The summed E-state index contributed by atoms with van der Waals surface area (Å²) >= 11 is 1.78. The molecule has 5 nitrogen and oxygen atoms in total. The van der Waals surface area contributed by atoms with Crippen LogP contribution in [0, 0.1) is 0 Å². The molecule has 194 valence electrons. The molecule has 5 rings (SSSR count). The highest BCUT2D eigenvalue weighted by molar-refractivity contribution is 7.99. The number of carbonyl (C=O) groups excluding carboxylic acids is 1. The van der Waals surface area contributed by atoms with Crippen molar-refractivity contribution in [2.75, 3.05) is 5.75 Å². The van der Waals surface area contributed by atoms with Gasteiger partial charge in [0.1, 0.15) is 0 Å². The Bertz CT molecular complexity index is 1300. The molecule has 38 heavy (non-hydrogen) atoms. The first-order valence-corrected chi connectivity index (χ1v) is 13.8. The largest absolute Gasteiger partial charge is 0.392 e. The lowest BCUT2D eigenvalue weighted by atomic mass is 10.0. The van der Waals surface area contributed by atoms with Crippen LogP contribution in [0.4, 0.5) is 0 Å². The molecule has 4 aromatic rings. The lowest BCUT2D eigenvalue weighted by molar-refractivity contribution is -0.245. The Morgan fingerprint density at radius 2 is 1.42 bits per heavy atom. The van der Waals surface area contributed by atoms with Crippen molar-refractivity contribution in [3.05, 3.63) is 137 Å². The smallest absolute Gasteiger partial charge is 0.251 e. The maximum atomic E-state index is 12.4. The lowest BCUT2D eigenvalue weighted by Crippen LogP contribution is -2.31. The first-order chi connectivity index (χ1) is 18.7. The molecule has 1 fully saturated rings. The summed E-state index contributed by atoms with van der Waals surface area (Å²) in [5.74, 6) is 0.723. The van der Waals surface area contributed by atoms with Gasteiger partial charge in [0.25, 0.3) is 5.91 Å². The molecule has 1 aliphatic heterocycles. The van der Waals surface area contributed by atoms with E-state index in [1.807, 2.05) is 84.9 Å². The predicted octanol–water partition coefficient (Wildman–Crippen LogP) is 6.45. The van der Waals surface area contributed by atoms with E-state index in [4.69, 9.17) is 9.47 Å². The predicted molar refractivity (Wildman–Crippen MR) is 150 cm³/mol. The van der Waals surface area contributed by atoms with Gasteiger partial charge >= 0.3 is 0 Å². The van der Waals surface area contributed by atoms with Gasteiger partial charge in [0.15, 0.2) is 6.29 Å². The minimum Gasteiger partial charge on any atom is -0.392 e.